The lowest BCUT2D eigenvalue weighted by atomic mass is 10.1. The van der Waals surface area contributed by atoms with E-state index in [1.165, 1.54) is 0 Å². The second-order valence-electron chi connectivity index (χ2n) is 8.84. The molecule has 2 aromatic carbocycles. The molecule has 3 aromatic rings. The van der Waals surface area contributed by atoms with Gasteiger partial charge in [-0.3, -0.25) is 9.69 Å². The first-order valence-electron chi connectivity index (χ1n) is 12.1. The van der Waals surface area contributed by atoms with E-state index in [2.05, 4.69) is 20.1 Å². The van der Waals surface area contributed by atoms with Gasteiger partial charge < -0.3 is 24.4 Å². The number of hydrogen-bond acceptors (Lipinski definition) is 7. The summed E-state index contributed by atoms with van der Waals surface area (Å²) in [5.41, 5.74) is 3.50. The minimum atomic E-state index is -0.138. The highest BCUT2D eigenvalue weighted by molar-refractivity contribution is 6.04. The molecule has 0 atom stereocenters. The predicted octanol–water partition coefficient (Wildman–Crippen LogP) is 4.38. The van der Waals surface area contributed by atoms with Crippen LogP contribution in [-0.4, -0.2) is 63.3 Å². The summed E-state index contributed by atoms with van der Waals surface area (Å²) in [4.78, 5) is 21.8. The predicted molar refractivity (Wildman–Crippen MR) is 142 cm³/mol. The molecular weight excluding hydrogens is 456 g/mol. The number of nitrogens with one attached hydrogen (secondary N) is 1. The summed E-state index contributed by atoms with van der Waals surface area (Å²) in [7, 11) is 4.91. The Bertz CT molecular complexity index is 1170. The summed E-state index contributed by atoms with van der Waals surface area (Å²) in [6.07, 6.45) is 2.74. The number of aromatic nitrogens is 1. The van der Waals surface area contributed by atoms with E-state index in [1.807, 2.05) is 55.5 Å². The van der Waals surface area contributed by atoms with Gasteiger partial charge in [-0.2, -0.15) is 0 Å². The maximum atomic E-state index is 12.5. The van der Waals surface area contributed by atoms with Gasteiger partial charge in [0.05, 0.1) is 33.2 Å². The van der Waals surface area contributed by atoms with Crippen LogP contribution in [0.1, 0.15) is 27.9 Å². The molecule has 4 rings (SSSR count). The SMILES string of the molecule is COc1ccc(CN2CCCN(c3ccc(NC(=O)c4ccc(C)cc4)cn3)CC2)c(OC)c1OC. The molecule has 0 spiro atoms. The highest BCUT2D eigenvalue weighted by Gasteiger charge is 2.21. The number of rotatable bonds is 8. The van der Waals surface area contributed by atoms with Gasteiger partial charge in [-0.25, -0.2) is 4.98 Å². The van der Waals surface area contributed by atoms with Crippen LogP contribution in [0.3, 0.4) is 0 Å². The van der Waals surface area contributed by atoms with Gasteiger partial charge in [0.15, 0.2) is 11.5 Å². The van der Waals surface area contributed by atoms with E-state index >= 15 is 0 Å². The van der Waals surface area contributed by atoms with Crippen LogP contribution < -0.4 is 24.4 Å². The lowest BCUT2D eigenvalue weighted by Gasteiger charge is -2.24. The topological polar surface area (TPSA) is 76.2 Å². The van der Waals surface area contributed by atoms with Crippen LogP contribution in [0.4, 0.5) is 11.5 Å². The summed E-state index contributed by atoms with van der Waals surface area (Å²) >= 11 is 0. The maximum absolute atomic E-state index is 12.5. The number of methoxy groups -OCH3 is 3. The number of ether oxygens (including phenoxy) is 3. The number of benzene rings is 2. The van der Waals surface area contributed by atoms with Crippen molar-refractivity contribution in [1.82, 2.24) is 9.88 Å². The van der Waals surface area contributed by atoms with Crippen molar-refractivity contribution in [2.45, 2.75) is 19.9 Å². The molecule has 0 radical (unpaired) electrons. The normalized spacial score (nSPS) is 14.2. The van der Waals surface area contributed by atoms with Crippen molar-refractivity contribution in [3.63, 3.8) is 0 Å². The molecule has 1 aromatic heterocycles. The molecule has 1 amide bonds. The Labute approximate surface area is 212 Å². The minimum Gasteiger partial charge on any atom is -0.493 e. The Balaban J connectivity index is 1.37. The number of nitrogens with zero attached hydrogens (tertiary/aromatic N) is 3. The van der Waals surface area contributed by atoms with E-state index in [-0.39, 0.29) is 5.91 Å². The van der Waals surface area contributed by atoms with Crippen molar-refractivity contribution in [3.8, 4) is 17.2 Å². The zero-order valence-electron chi connectivity index (χ0n) is 21.4. The fraction of sp³-hybridized carbons (Fsp3) is 0.357. The average Bonchev–Trinajstić information content (AvgIpc) is 3.14. The second-order valence-corrected chi connectivity index (χ2v) is 8.84. The Morgan fingerprint density at radius 3 is 2.33 bits per heavy atom. The molecule has 190 valence electrons. The molecule has 0 unspecified atom stereocenters. The van der Waals surface area contributed by atoms with Gasteiger partial charge in [-0.05, 0) is 43.7 Å². The van der Waals surface area contributed by atoms with E-state index in [0.717, 1.165) is 56.1 Å². The quantitative estimate of drug-likeness (QED) is 0.502. The largest absolute Gasteiger partial charge is 0.493 e. The van der Waals surface area contributed by atoms with Gasteiger partial charge >= 0.3 is 0 Å². The first-order chi connectivity index (χ1) is 17.5. The van der Waals surface area contributed by atoms with Crippen LogP contribution in [0.25, 0.3) is 0 Å². The Kier molecular flexibility index (Phi) is 8.28. The van der Waals surface area contributed by atoms with Gasteiger partial charge in [0, 0.05) is 43.9 Å². The third kappa shape index (κ3) is 5.88. The summed E-state index contributed by atoms with van der Waals surface area (Å²) < 4.78 is 16.6. The first kappa shape index (κ1) is 25.3. The minimum absolute atomic E-state index is 0.138. The van der Waals surface area contributed by atoms with Crippen molar-refractivity contribution in [3.05, 3.63) is 71.4 Å². The van der Waals surface area contributed by atoms with E-state index in [0.29, 0.717) is 28.5 Å². The van der Waals surface area contributed by atoms with E-state index in [1.54, 1.807) is 27.5 Å². The van der Waals surface area contributed by atoms with Crippen LogP contribution >= 0.6 is 0 Å². The van der Waals surface area contributed by atoms with Crippen LogP contribution in [0.15, 0.2) is 54.7 Å². The molecule has 1 N–H and O–H groups in total. The van der Waals surface area contributed by atoms with Gasteiger partial charge in [-0.15, -0.1) is 0 Å². The standard InChI is InChI=1S/C28H34N4O4/c1-20-6-8-21(9-7-20)28(33)30-23-11-13-25(29-18-23)32-15-5-14-31(16-17-32)19-22-10-12-24(34-2)27(36-4)26(22)35-3/h6-13,18H,5,14-17,19H2,1-4H3,(H,30,33). The fourth-order valence-corrected chi connectivity index (χ4v) is 4.44. The molecular formula is C28H34N4O4. The number of pyridine rings is 1. The smallest absolute Gasteiger partial charge is 0.255 e. The van der Waals surface area contributed by atoms with Crippen molar-refractivity contribution < 1.29 is 19.0 Å². The van der Waals surface area contributed by atoms with E-state index < -0.39 is 0 Å². The molecule has 1 aliphatic rings. The zero-order valence-corrected chi connectivity index (χ0v) is 21.4. The second kappa shape index (κ2) is 11.8. The van der Waals surface area contributed by atoms with Gasteiger partial charge in [0.2, 0.25) is 5.75 Å². The number of hydrogen-bond donors (Lipinski definition) is 1. The molecule has 0 saturated carbocycles. The number of anilines is 2. The molecule has 0 bridgehead atoms. The Morgan fingerprint density at radius 2 is 1.67 bits per heavy atom. The van der Waals surface area contributed by atoms with Crippen LogP contribution in [0.2, 0.25) is 0 Å². The van der Waals surface area contributed by atoms with Crippen LogP contribution in [0.5, 0.6) is 17.2 Å². The Morgan fingerprint density at radius 1 is 0.889 bits per heavy atom. The zero-order chi connectivity index (χ0) is 25.5. The van der Waals surface area contributed by atoms with E-state index in [9.17, 15) is 4.79 Å². The average molecular weight is 491 g/mol. The molecule has 8 heteroatoms. The molecule has 0 aliphatic carbocycles. The van der Waals surface area contributed by atoms with Gasteiger partial charge in [0.25, 0.3) is 5.91 Å². The molecule has 8 nitrogen and oxygen atoms in total. The highest BCUT2D eigenvalue weighted by Crippen LogP contribution is 2.40. The molecule has 1 aliphatic heterocycles. The monoisotopic (exact) mass is 490 g/mol. The highest BCUT2D eigenvalue weighted by atomic mass is 16.5. The third-order valence-electron chi connectivity index (χ3n) is 6.41. The molecule has 36 heavy (non-hydrogen) atoms. The van der Waals surface area contributed by atoms with E-state index in [4.69, 9.17) is 14.2 Å². The molecule has 2 heterocycles. The first-order valence-corrected chi connectivity index (χ1v) is 12.1. The van der Waals surface area contributed by atoms with Crippen LogP contribution in [-0.2, 0) is 6.54 Å². The third-order valence-corrected chi connectivity index (χ3v) is 6.41. The van der Waals surface area contributed by atoms with Gasteiger partial charge in [0.1, 0.15) is 5.82 Å². The number of aryl methyl sites for hydroxylation is 1. The maximum Gasteiger partial charge on any atom is 0.255 e. The van der Waals surface area contributed by atoms with Crippen molar-refractivity contribution in [1.29, 1.82) is 0 Å². The summed E-state index contributed by atoms with van der Waals surface area (Å²) in [5, 5.41) is 2.92. The van der Waals surface area contributed by atoms with Crippen molar-refractivity contribution in [2.24, 2.45) is 0 Å². The molecule has 1 fully saturated rings. The number of carbonyl (C=O) groups excluding carboxylic acids is 1. The number of amides is 1. The molecule has 1 saturated heterocycles. The lowest BCUT2D eigenvalue weighted by Crippen LogP contribution is -2.31. The Hall–Kier alpha value is -3.78. The van der Waals surface area contributed by atoms with Crippen molar-refractivity contribution >= 4 is 17.4 Å². The lowest BCUT2D eigenvalue weighted by molar-refractivity contribution is 0.102. The number of carbonyl (C=O) groups is 1. The van der Waals surface area contributed by atoms with Gasteiger partial charge in [-0.1, -0.05) is 23.8 Å². The fourth-order valence-electron chi connectivity index (χ4n) is 4.44. The van der Waals surface area contributed by atoms with Crippen LogP contribution in [0, 0.1) is 6.92 Å². The van der Waals surface area contributed by atoms with Crippen molar-refractivity contribution in [2.75, 3.05) is 57.7 Å². The summed E-state index contributed by atoms with van der Waals surface area (Å²) in [6, 6.07) is 15.3. The summed E-state index contributed by atoms with van der Waals surface area (Å²) in [5.74, 6) is 2.76. The summed E-state index contributed by atoms with van der Waals surface area (Å²) in [6.45, 7) is 6.40.